The summed E-state index contributed by atoms with van der Waals surface area (Å²) < 4.78 is 38.5. The standard InChI is InChI=1S/C29H32BrN3O6S/c1-20(2)31-29(35)25(15-21-8-5-4-6-9-21)32(17-22-10-7-11-23(30)14-22)28(34)18-33(40(3,36)37)24-12-13-26-27(16-24)39-19-38-26/h4-14,16,20,25H,15,17-19H2,1-3H3,(H,31,35)/t25-/m1/s1. The highest BCUT2D eigenvalue weighted by molar-refractivity contribution is 9.10. The van der Waals surface area contributed by atoms with Crippen molar-refractivity contribution in [3.63, 3.8) is 0 Å². The van der Waals surface area contributed by atoms with Gasteiger partial charge >= 0.3 is 0 Å². The summed E-state index contributed by atoms with van der Waals surface area (Å²) >= 11 is 3.47. The molecule has 0 aromatic heterocycles. The van der Waals surface area contributed by atoms with Gasteiger partial charge in [0.1, 0.15) is 12.6 Å². The second kappa shape index (κ2) is 12.7. The zero-order valence-corrected chi connectivity index (χ0v) is 24.9. The average molecular weight is 631 g/mol. The Bertz CT molecular complexity index is 1470. The molecule has 0 fully saturated rings. The summed E-state index contributed by atoms with van der Waals surface area (Å²) in [5.41, 5.74) is 1.91. The van der Waals surface area contributed by atoms with Gasteiger partial charge in [0.15, 0.2) is 11.5 Å². The predicted octanol–water partition coefficient (Wildman–Crippen LogP) is 4.11. The fourth-order valence-electron chi connectivity index (χ4n) is 4.42. The molecular formula is C29H32BrN3O6S. The molecular weight excluding hydrogens is 598 g/mol. The van der Waals surface area contributed by atoms with Gasteiger partial charge in [0, 0.05) is 29.5 Å². The molecule has 40 heavy (non-hydrogen) atoms. The van der Waals surface area contributed by atoms with Crippen LogP contribution >= 0.6 is 15.9 Å². The molecule has 0 radical (unpaired) electrons. The largest absolute Gasteiger partial charge is 0.454 e. The van der Waals surface area contributed by atoms with Gasteiger partial charge in [-0.25, -0.2) is 8.42 Å². The first-order valence-electron chi connectivity index (χ1n) is 12.8. The van der Waals surface area contributed by atoms with Crippen molar-refractivity contribution in [3.8, 4) is 11.5 Å². The lowest BCUT2D eigenvalue weighted by atomic mass is 10.0. The normalized spacial score (nSPS) is 13.1. The van der Waals surface area contributed by atoms with Gasteiger partial charge in [-0.05, 0) is 49.2 Å². The third-order valence-corrected chi connectivity index (χ3v) is 7.90. The first-order valence-corrected chi connectivity index (χ1v) is 15.4. The minimum absolute atomic E-state index is 0.0309. The van der Waals surface area contributed by atoms with E-state index < -0.39 is 28.5 Å². The molecule has 0 spiro atoms. The van der Waals surface area contributed by atoms with E-state index in [0.717, 1.165) is 26.2 Å². The number of halogens is 1. The van der Waals surface area contributed by atoms with Crippen molar-refractivity contribution in [2.75, 3.05) is 23.9 Å². The number of hydrogen-bond donors (Lipinski definition) is 1. The lowest BCUT2D eigenvalue weighted by Crippen LogP contribution is -2.54. The van der Waals surface area contributed by atoms with E-state index in [0.29, 0.717) is 11.5 Å². The maximum absolute atomic E-state index is 14.1. The zero-order valence-electron chi connectivity index (χ0n) is 22.5. The predicted molar refractivity (Wildman–Crippen MR) is 157 cm³/mol. The number of benzene rings is 3. The van der Waals surface area contributed by atoms with Crippen molar-refractivity contribution in [1.82, 2.24) is 10.2 Å². The van der Waals surface area contributed by atoms with Gasteiger partial charge in [0.05, 0.1) is 11.9 Å². The van der Waals surface area contributed by atoms with Crippen molar-refractivity contribution < 1.29 is 27.5 Å². The summed E-state index contributed by atoms with van der Waals surface area (Å²) in [7, 11) is -3.89. The number of carbonyl (C=O) groups excluding carboxylic acids is 2. The maximum atomic E-state index is 14.1. The van der Waals surface area contributed by atoms with Crippen LogP contribution in [0.3, 0.4) is 0 Å². The summed E-state index contributed by atoms with van der Waals surface area (Å²) in [5.74, 6) is 0.0371. The second-order valence-corrected chi connectivity index (χ2v) is 12.7. The number of amides is 2. The topological polar surface area (TPSA) is 105 Å². The van der Waals surface area contributed by atoms with Crippen molar-refractivity contribution in [2.45, 2.75) is 38.9 Å². The number of fused-ring (bicyclic) bond motifs is 1. The molecule has 212 valence electrons. The van der Waals surface area contributed by atoms with Gasteiger partial charge in [-0.3, -0.25) is 13.9 Å². The van der Waals surface area contributed by atoms with Crippen LogP contribution in [0.2, 0.25) is 0 Å². The van der Waals surface area contributed by atoms with E-state index >= 15 is 0 Å². The number of nitrogens with zero attached hydrogens (tertiary/aromatic N) is 2. The Kier molecular flexibility index (Phi) is 9.36. The molecule has 4 rings (SSSR count). The van der Waals surface area contributed by atoms with Gasteiger partial charge in [0.2, 0.25) is 28.6 Å². The summed E-state index contributed by atoms with van der Waals surface area (Å²) in [6.07, 6.45) is 1.29. The molecule has 2 amide bonds. The van der Waals surface area contributed by atoms with Crippen LogP contribution < -0.4 is 19.1 Å². The monoisotopic (exact) mass is 629 g/mol. The smallest absolute Gasteiger partial charge is 0.244 e. The zero-order chi connectivity index (χ0) is 28.9. The minimum Gasteiger partial charge on any atom is -0.454 e. The van der Waals surface area contributed by atoms with Crippen LogP contribution in [-0.4, -0.2) is 56.8 Å². The molecule has 0 saturated carbocycles. The number of anilines is 1. The Morgan fingerprint density at radius 3 is 2.33 bits per heavy atom. The first-order chi connectivity index (χ1) is 19.0. The number of hydrogen-bond acceptors (Lipinski definition) is 6. The molecule has 11 heteroatoms. The van der Waals surface area contributed by atoms with E-state index in [1.54, 1.807) is 12.1 Å². The lowest BCUT2D eigenvalue weighted by molar-refractivity contribution is -0.140. The van der Waals surface area contributed by atoms with Gasteiger partial charge < -0.3 is 19.7 Å². The number of nitrogens with one attached hydrogen (secondary N) is 1. The van der Waals surface area contributed by atoms with E-state index in [4.69, 9.17) is 9.47 Å². The fourth-order valence-corrected chi connectivity index (χ4v) is 5.71. The first kappa shape index (κ1) is 29.4. The maximum Gasteiger partial charge on any atom is 0.244 e. The highest BCUT2D eigenvalue weighted by atomic mass is 79.9. The molecule has 1 aliphatic rings. The Hall–Kier alpha value is -3.57. The van der Waals surface area contributed by atoms with Crippen molar-refractivity contribution >= 4 is 43.5 Å². The minimum atomic E-state index is -3.89. The van der Waals surface area contributed by atoms with Crippen molar-refractivity contribution in [1.29, 1.82) is 0 Å². The number of carbonyl (C=O) groups is 2. The molecule has 1 atom stereocenters. The SMILES string of the molecule is CC(C)NC(=O)[C@@H](Cc1ccccc1)N(Cc1cccc(Br)c1)C(=O)CN(c1ccc2c(c1)OCO2)S(C)(=O)=O. The van der Waals surface area contributed by atoms with Crippen LogP contribution in [0.25, 0.3) is 0 Å². The molecule has 3 aromatic rings. The van der Waals surface area contributed by atoms with E-state index in [1.807, 2.05) is 68.4 Å². The lowest BCUT2D eigenvalue weighted by Gasteiger charge is -2.34. The highest BCUT2D eigenvalue weighted by Crippen LogP contribution is 2.36. The Morgan fingerprint density at radius 2 is 1.65 bits per heavy atom. The van der Waals surface area contributed by atoms with E-state index in [2.05, 4.69) is 21.2 Å². The Morgan fingerprint density at radius 1 is 0.950 bits per heavy atom. The molecule has 3 aromatic carbocycles. The number of sulfonamides is 1. The molecule has 1 N–H and O–H groups in total. The van der Waals surface area contributed by atoms with Gasteiger partial charge in [-0.2, -0.15) is 0 Å². The van der Waals surface area contributed by atoms with Crippen LogP contribution in [0.15, 0.2) is 77.3 Å². The third-order valence-electron chi connectivity index (χ3n) is 6.27. The Labute approximate surface area is 243 Å². The van der Waals surface area contributed by atoms with Crippen LogP contribution in [0.5, 0.6) is 11.5 Å². The second-order valence-electron chi connectivity index (χ2n) is 9.83. The summed E-state index contributed by atoms with van der Waals surface area (Å²) in [6.45, 7) is 3.32. The van der Waals surface area contributed by atoms with E-state index in [9.17, 15) is 18.0 Å². The molecule has 0 saturated heterocycles. The summed E-state index contributed by atoms with van der Waals surface area (Å²) in [5, 5.41) is 2.93. The highest BCUT2D eigenvalue weighted by Gasteiger charge is 2.33. The summed E-state index contributed by atoms with van der Waals surface area (Å²) in [4.78, 5) is 29.1. The van der Waals surface area contributed by atoms with Crippen molar-refractivity contribution in [3.05, 3.63) is 88.4 Å². The number of ether oxygens (including phenoxy) is 2. The molecule has 0 bridgehead atoms. The van der Waals surface area contributed by atoms with E-state index in [1.165, 1.54) is 11.0 Å². The van der Waals surface area contributed by atoms with Crippen LogP contribution in [0, 0.1) is 0 Å². The molecule has 0 aliphatic carbocycles. The number of rotatable bonds is 11. The fraction of sp³-hybridized carbons (Fsp3) is 0.310. The van der Waals surface area contributed by atoms with Crippen LogP contribution in [0.1, 0.15) is 25.0 Å². The summed E-state index contributed by atoms with van der Waals surface area (Å²) in [6, 6.07) is 20.5. The Balaban J connectivity index is 1.73. The molecule has 1 heterocycles. The molecule has 0 unspecified atom stereocenters. The third kappa shape index (κ3) is 7.54. The quantitative estimate of drug-likeness (QED) is 0.342. The average Bonchev–Trinajstić information content (AvgIpc) is 3.36. The van der Waals surface area contributed by atoms with Crippen LogP contribution in [-0.2, 0) is 32.6 Å². The van der Waals surface area contributed by atoms with Crippen LogP contribution in [0.4, 0.5) is 5.69 Å². The van der Waals surface area contributed by atoms with Gasteiger partial charge in [0.25, 0.3) is 0 Å². The van der Waals surface area contributed by atoms with Gasteiger partial charge in [-0.15, -0.1) is 0 Å². The van der Waals surface area contributed by atoms with Crippen molar-refractivity contribution in [2.24, 2.45) is 0 Å². The van der Waals surface area contributed by atoms with E-state index in [-0.39, 0.29) is 37.4 Å². The van der Waals surface area contributed by atoms with Gasteiger partial charge in [-0.1, -0.05) is 58.4 Å². The molecule has 9 nitrogen and oxygen atoms in total. The molecule has 1 aliphatic heterocycles.